The summed E-state index contributed by atoms with van der Waals surface area (Å²) in [5.41, 5.74) is 10.4. The summed E-state index contributed by atoms with van der Waals surface area (Å²) in [6.45, 7) is 0. The molecule has 0 bridgehead atoms. The van der Waals surface area contributed by atoms with Crippen molar-refractivity contribution >= 4 is 90.4 Å². The Hall–Kier alpha value is -7.99. The molecule has 11 aromatic rings. The highest BCUT2D eigenvalue weighted by Gasteiger charge is 2.39. The van der Waals surface area contributed by atoms with Crippen molar-refractivity contribution in [2.75, 3.05) is 0 Å². The molecule has 11 aromatic carbocycles. The second-order valence-corrected chi connectivity index (χ2v) is 23.4. The molecule has 0 fully saturated rings. The van der Waals surface area contributed by atoms with Gasteiger partial charge in [-0.05, 0) is 98.5 Å². The summed E-state index contributed by atoms with van der Waals surface area (Å²) in [6.07, 6.45) is 0. The van der Waals surface area contributed by atoms with E-state index in [9.17, 15) is 0 Å². The zero-order valence-corrected chi connectivity index (χ0v) is 37.2. The lowest BCUT2D eigenvalue weighted by Gasteiger charge is -2.28. The van der Waals surface area contributed by atoms with E-state index in [1.165, 1.54) is 52.7 Å². The molecule has 0 amide bonds. The van der Waals surface area contributed by atoms with Crippen LogP contribution in [0.2, 0.25) is 0 Å². The van der Waals surface area contributed by atoms with Gasteiger partial charge in [0.15, 0.2) is 0 Å². The highest BCUT2D eigenvalue weighted by Crippen LogP contribution is 2.37. The van der Waals surface area contributed by atoms with Gasteiger partial charge in [0.2, 0.25) is 16.1 Å². The van der Waals surface area contributed by atoms with E-state index >= 15 is 0 Å². The maximum absolute atomic E-state index is 4.18. The number of hydrogen-bond acceptors (Lipinski definition) is 0. The summed E-state index contributed by atoms with van der Waals surface area (Å²) in [4.78, 5) is 0. The Morgan fingerprint density at radius 3 is 0.609 bits per heavy atom. The lowest BCUT2D eigenvalue weighted by molar-refractivity contribution is 1.69. The van der Waals surface area contributed by atoms with Crippen molar-refractivity contribution < 1.29 is 0 Å². The van der Waals surface area contributed by atoms with Crippen molar-refractivity contribution in [3.63, 3.8) is 0 Å². The minimum Gasteiger partial charge on any atom is -0.109 e. The SMILES string of the molecule is C(#C[Si](c1ccccc1)(c1ccccc1)c1ccccc1)c1c2cc3ccccc3cc2c(C#C[Si](c2ccccc2)(c2ccccc2)c2ccccc2)c2cc3ccccc3cc12. The van der Waals surface area contributed by atoms with E-state index in [1.54, 1.807) is 0 Å². The number of rotatable bonds is 6. The third-order valence-electron chi connectivity index (χ3n) is 12.8. The van der Waals surface area contributed by atoms with Gasteiger partial charge in [-0.1, -0.05) is 242 Å². The van der Waals surface area contributed by atoms with Crippen LogP contribution >= 0.6 is 0 Å². The molecule has 0 N–H and O–H groups in total. The van der Waals surface area contributed by atoms with Crippen LogP contribution in [0.3, 0.4) is 0 Å². The van der Waals surface area contributed by atoms with E-state index in [2.05, 4.69) is 278 Å². The van der Waals surface area contributed by atoms with E-state index in [-0.39, 0.29) is 0 Å². The normalized spacial score (nSPS) is 11.5. The van der Waals surface area contributed by atoms with Gasteiger partial charge in [0, 0.05) is 11.1 Å². The van der Waals surface area contributed by atoms with Crippen molar-refractivity contribution in [2.45, 2.75) is 0 Å². The van der Waals surface area contributed by atoms with Gasteiger partial charge in [-0.3, -0.25) is 0 Å². The van der Waals surface area contributed by atoms with E-state index in [0.717, 1.165) is 32.7 Å². The molecule has 0 aliphatic carbocycles. The monoisotopic (exact) mass is 842 g/mol. The van der Waals surface area contributed by atoms with Crippen LogP contribution in [-0.2, 0) is 0 Å². The average Bonchev–Trinajstić information content (AvgIpc) is 3.38. The second kappa shape index (κ2) is 16.7. The molecule has 0 nitrogen and oxygen atoms in total. The second-order valence-electron chi connectivity index (χ2n) is 16.4. The molecule has 0 aliphatic heterocycles. The van der Waals surface area contributed by atoms with E-state index in [0.29, 0.717) is 0 Å². The van der Waals surface area contributed by atoms with Crippen LogP contribution in [-0.4, -0.2) is 16.1 Å². The smallest absolute Gasteiger partial charge is 0.109 e. The Balaban J connectivity index is 1.29. The topological polar surface area (TPSA) is 0 Å². The van der Waals surface area contributed by atoms with Crippen molar-refractivity contribution in [1.82, 2.24) is 0 Å². The van der Waals surface area contributed by atoms with Gasteiger partial charge >= 0.3 is 0 Å². The van der Waals surface area contributed by atoms with Crippen molar-refractivity contribution in [1.29, 1.82) is 0 Å². The minimum absolute atomic E-state index is 1.03. The van der Waals surface area contributed by atoms with E-state index < -0.39 is 16.1 Å². The quantitative estimate of drug-likeness (QED) is 0.0677. The lowest BCUT2D eigenvalue weighted by atomic mass is 9.89. The molecule has 0 heterocycles. The fourth-order valence-electron chi connectivity index (χ4n) is 9.74. The highest BCUT2D eigenvalue weighted by molar-refractivity contribution is 7.17. The van der Waals surface area contributed by atoms with Crippen LogP contribution in [0.5, 0.6) is 0 Å². The van der Waals surface area contributed by atoms with Crippen molar-refractivity contribution in [3.8, 4) is 22.9 Å². The first-order valence-electron chi connectivity index (χ1n) is 21.9. The van der Waals surface area contributed by atoms with Gasteiger partial charge in [-0.15, -0.1) is 11.1 Å². The molecule has 0 saturated heterocycles. The van der Waals surface area contributed by atoms with Gasteiger partial charge in [0.1, 0.15) is 0 Å². The van der Waals surface area contributed by atoms with Crippen LogP contribution in [0, 0.1) is 22.9 Å². The Bertz CT molecular complexity index is 3050. The highest BCUT2D eigenvalue weighted by atomic mass is 28.3. The Morgan fingerprint density at radius 2 is 0.406 bits per heavy atom. The van der Waals surface area contributed by atoms with E-state index in [4.69, 9.17) is 0 Å². The third-order valence-corrected chi connectivity index (χ3v) is 21.0. The van der Waals surface area contributed by atoms with Crippen molar-refractivity contribution in [3.05, 3.63) is 266 Å². The van der Waals surface area contributed by atoms with Crippen LogP contribution in [0.15, 0.2) is 255 Å². The summed E-state index contributed by atoms with van der Waals surface area (Å²) in [7, 11) is -5.88. The lowest BCUT2D eigenvalue weighted by Crippen LogP contribution is -2.66. The number of fused-ring (bicyclic) bond motifs is 4. The first-order valence-corrected chi connectivity index (χ1v) is 25.9. The molecule has 11 rings (SSSR count). The Kier molecular flexibility index (Phi) is 10.2. The minimum atomic E-state index is -2.94. The molecular formula is C62H42Si2. The summed E-state index contributed by atoms with van der Waals surface area (Å²) < 4.78 is 0. The van der Waals surface area contributed by atoms with Gasteiger partial charge in [-0.25, -0.2) is 0 Å². The van der Waals surface area contributed by atoms with Crippen molar-refractivity contribution in [2.24, 2.45) is 0 Å². The summed E-state index contributed by atoms with van der Waals surface area (Å²) in [5.74, 6) is 8.09. The molecule has 0 aromatic heterocycles. The van der Waals surface area contributed by atoms with Crippen LogP contribution in [0.25, 0.3) is 43.1 Å². The predicted octanol–water partition coefficient (Wildman–Crippen LogP) is 10.4. The zero-order chi connectivity index (χ0) is 42.8. The van der Waals surface area contributed by atoms with Gasteiger partial charge in [-0.2, -0.15) is 0 Å². The summed E-state index contributed by atoms with van der Waals surface area (Å²) in [6, 6.07) is 92.7. The Morgan fingerprint density at radius 1 is 0.219 bits per heavy atom. The fraction of sp³-hybridized carbons (Fsp3) is 0. The predicted molar refractivity (Wildman–Crippen MR) is 278 cm³/mol. The fourth-order valence-corrected chi connectivity index (χ4v) is 17.4. The molecule has 0 spiro atoms. The molecule has 0 saturated carbocycles. The van der Waals surface area contributed by atoms with Gasteiger partial charge in [0.05, 0.1) is 0 Å². The molecule has 64 heavy (non-hydrogen) atoms. The Labute approximate surface area is 377 Å². The largest absolute Gasteiger partial charge is 0.230 e. The third kappa shape index (κ3) is 6.75. The molecule has 2 heteroatoms. The maximum atomic E-state index is 4.18. The molecule has 0 atom stereocenters. The summed E-state index contributed by atoms with van der Waals surface area (Å²) in [5, 5.41) is 16.7. The average molecular weight is 843 g/mol. The molecule has 0 radical (unpaired) electrons. The maximum Gasteiger partial charge on any atom is 0.230 e. The standard InChI is InChI=1S/C62H42Si2/c1-7-27-51(28-8-1)63(52-29-9-2-10-30-52,53-31-11-3-12-32-53)41-39-57-59-43-47-23-19-21-25-49(47)45-61(59)58(62-46-50-26-22-20-24-48(50)44-60(57)62)40-42-64(54-33-13-4-14-34-54,55-35-15-5-16-36-55)56-37-17-6-18-38-56/h1-38,43-46H. The summed E-state index contributed by atoms with van der Waals surface area (Å²) >= 11 is 0. The number of benzene rings is 11. The first kappa shape index (κ1) is 38.9. The van der Waals surface area contributed by atoms with Crippen LogP contribution in [0.4, 0.5) is 0 Å². The van der Waals surface area contributed by atoms with Crippen LogP contribution in [0.1, 0.15) is 11.1 Å². The molecule has 298 valence electrons. The molecular weight excluding hydrogens is 801 g/mol. The molecule has 0 unspecified atom stereocenters. The van der Waals surface area contributed by atoms with Gasteiger partial charge in [0.25, 0.3) is 0 Å². The first-order chi connectivity index (χ1) is 31.7. The van der Waals surface area contributed by atoms with Crippen LogP contribution < -0.4 is 31.1 Å². The number of hydrogen-bond donors (Lipinski definition) is 0. The van der Waals surface area contributed by atoms with E-state index in [1.807, 2.05) is 0 Å². The zero-order valence-electron chi connectivity index (χ0n) is 35.2. The molecule has 0 aliphatic rings. The van der Waals surface area contributed by atoms with Gasteiger partial charge < -0.3 is 0 Å².